The Bertz CT molecular complexity index is 192. The van der Waals surface area contributed by atoms with Crippen LogP contribution in [0.2, 0.25) is 0 Å². The van der Waals surface area contributed by atoms with Gasteiger partial charge in [0.25, 0.3) is 0 Å². The van der Waals surface area contributed by atoms with Gasteiger partial charge in [0.2, 0.25) is 0 Å². The third-order valence-corrected chi connectivity index (χ3v) is 2.43. The number of aliphatic hydroxyl groups is 4. The lowest BCUT2D eigenvalue weighted by Gasteiger charge is -2.38. The Balaban J connectivity index is 2.64. The van der Waals surface area contributed by atoms with E-state index in [-0.39, 0.29) is 6.61 Å². The maximum absolute atomic E-state index is 9.62. The molecule has 7 nitrogen and oxygen atoms in total. The molecule has 7 heteroatoms. The van der Waals surface area contributed by atoms with Gasteiger partial charge < -0.3 is 25.2 Å². The number of nitrogens with one attached hydrogen (secondary N) is 1. The third kappa shape index (κ3) is 2.85. The number of hydrogen-bond donors (Lipinski definition) is 5. The summed E-state index contributed by atoms with van der Waals surface area (Å²) in [6, 6.07) is -0.791. The molecular formula is C8H17NO6. The van der Waals surface area contributed by atoms with Crippen molar-refractivity contribution in [2.24, 2.45) is 0 Å². The highest BCUT2D eigenvalue weighted by Gasteiger charge is 2.40. The molecule has 1 saturated heterocycles. The Hall–Kier alpha value is -0.280. The van der Waals surface area contributed by atoms with E-state index in [0.717, 1.165) is 0 Å². The lowest BCUT2D eigenvalue weighted by Crippen LogP contribution is -2.62. The predicted molar refractivity (Wildman–Crippen MR) is 48.8 cm³/mol. The first kappa shape index (κ1) is 12.8. The van der Waals surface area contributed by atoms with Crippen molar-refractivity contribution in [3.63, 3.8) is 0 Å². The molecule has 1 heterocycles. The van der Waals surface area contributed by atoms with Gasteiger partial charge in [0.05, 0.1) is 19.3 Å². The van der Waals surface area contributed by atoms with Crippen LogP contribution in [0.5, 0.6) is 0 Å². The quantitative estimate of drug-likeness (QED) is 0.345. The first-order valence-electron chi connectivity index (χ1n) is 4.67. The van der Waals surface area contributed by atoms with Crippen LogP contribution in [0.1, 0.15) is 0 Å². The van der Waals surface area contributed by atoms with Crippen LogP contribution in [0.15, 0.2) is 0 Å². The Morgan fingerprint density at radius 1 is 1.53 bits per heavy atom. The van der Waals surface area contributed by atoms with Crippen LogP contribution in [0, 0.1) is 0 Å². The highest BCUT2D eigenvalue weighted by atomic mass is 16.7. The Kier molecular flexibility index (Phi) is 4.87. The average molecular weight is 223 g/mol. The molecule has 0 aromatic heterocycles. The molecule has 1 aliphatic heterocycles. The van der Waals surface area contributed by atoms with Crippen molar-refractivity contribution in [3.05, 3.63) is 0 Å². The summed E-state index contributed by atoms with van der Waals surface area (Å²) in [6.45, 7) is -0.539. The number of ether oxygens (including phenoxy) is 1. The van der Waals surface area contributed by atoms with Crippen LogP contribution in [0.25, 0.3) is 0 Å². The number of aliphatic hydroxyl groups excluding tert-OH is 4. The second-order valence-corrected chi connectivity index (χ2v) is 3.46. The summed E-state index contributed by atoms with van der Waals surface area (Å²) in [7, 11) is 1.38. The molecule has 0 aliphatic carbocycles. The summed E-state index contributed by atoms with van der Waals surface area (Å²) < 4.78 is 4.99. The molecule has 0 amide bonds. The van der Waals surface area contributed by atoms with Crippen molar-refractivity contribution in [1.82, 2.24) is 5.48 Å². The number of hydroxylamine groups is 1. The monoisotopic (exact) mass is 223 g/mol. The maximum Gasteiger partial charge on any atom is 0.107 e. The topological polar surface area (TPSA) is 111 Å². The number of methoxy groups -OCH3 is 1. The molecule has 0 saturated carbocycles. The summed E-state index contributed by atoms with van der Waals surface area (Å²) >= 11 is 0. The standard InChI is InChI=1S/C8H17NO6/c1-14-8-5(12)3-15-9-6(8)7(13)4(11)2-10/h4-13H,2-3H2,1H3/t4-,5-,6+,7-,8+/m0/s1. The molecule has 15 heavy (non-hydrogen) atoms. The van der Waals surface area contributed by atoms with Gasteiger partial charge in [-0.15, -0.1) is 0 Å². The SMILES string of the molecule is CO[C@H]1[C@@H]([C@@H](O)[C@@H](O)CO)NOC[C@@H]1O. The van der Waals surface area contributed by atoms with E-state index in [1.54, 1.807) is 0 Å². The second kappa shape index (κ2) is 5.71. The minimum atomic E-state index is -1.31. The first-order valence-corrected chi connectivity index (χ1v) is 4.67. The van der Waals surface area contributed by atoms with Crippen LogP contribution in [0.4, 0.5) is 0 Å². The zero-order valence-corrected chi connectivity index (χ0v) is 8.41. The average Bonchev–Trinajstić information content (AvgIpc) is 2.26. The minimum Gasteiger partial charge on any atom is -0.394 e. The summed E-state index contributed by atoms with van der Waals surface area (Å²) in [5.74, 6) is 0. The van der Waals surface area contributed by atoms with E-state index in [9.17, 15) is 15.3 Å². The Morgan fingerprint density at radius 3 is 2.73 bits per heavy atom. The minimum absolute atomic E-state index is 0.0386. The molecule has 1 fully saturated rings. The molecule has 0 aromatic carbocycles. The fraction of sp³-hybridized carbons (Fsp3) is 1.00. The van der Waals surface area contributed by atoms with Crippen LogP contribution < -0.4 is 5.48 Å². The van der Waals surface area contributed by atoms with Crippen LogP contribution in [-0.2, 0) is 9.57 Å². The van der Waals surface area contributed by atoms with Gasteiger partial charge in [-0.05, 0) is 0 Å². The van der Waals surface area contributed by atoms with E-state index in [0.29, 0.717) is 0 Å². The van der Waals surface area contributed by atoms with Gasteiger partial charge in [-0.2, -0.15) is 5.48 Å². The molecule has 5 N–H and O–H groups in total. The van der Waals surface area contributed by atoms with Gasteiger partial charge >= 0.3 is 0 Å². The van der Waals surface area contributed by atoms with E-state index >= 15 is 0 Å². The van der Waals surface area contributed by atoms with E-state index in [1.165, 1.54) is 7.11 Å². The predicted octanol–water partition coefficient (Wildman–Crippen LogP) is -3.02. The van der Waals surface area contributed by atoms with Crippen molar-refractivity contribution < 1.29 is 30.0 Å². The van der Waals surface area contributed by atoms with Gasteiger partial charge in [0.1, 0.15) is 24.4 Å². The molecule has 5 atom stereocenters. The van der Waals surface area contributed by atoms with Gasteiger partial charge in [0, 0.05) is 7.11 Å². The molecule has 0 radical (unpaired) electrons. The maximum atomic E-state index is 9.62. The largest absolute Gasteiger partial charge is 0.394 e. The van der Waals surface area contributed by atoms with E-state index < -0.39 is 37.1 Å². The van der Waals surface area contributed by atoms with Crippen molar-refractivity contribution >= 4 is 0 Å². The van der Waals surface area contributed by atoms with E-state index in [4.69, 9.17) is 14.7 Å². The summed E-state index contributed by atoms with van der Waals surface area (Å²) in [6.07, 6.45) is -4.18. The molecule has 0 unspecified atom stereocenters. The molecule has 1 aliphatic rings. The Labute approximate surface area is 87.2 Å². The summed E-state index contributed by atoms with van der Waals surface area (Å²) in [5.41, 5.74) is 2.46. The van der Waals surface area contributed by atoms with E-state index in [2.05, 4.69) is 5.48 Å². The summed E-state index contributed by atoms with van der Waals surface area (Å²) in [5, 5.41) is 37.0. The van der Waals surface area contributed by atoms with E-state index in [1.807, 2.05) is 0 Å². The van der Waals surface area contributed by atoms with Crippen LogP contribution in [-0.4, -0.2) is 71.2 Å². The van der Waals surface area contributed by atoms with Crippen LogP contribution in [0.3, 0.4) is 0 Å². The molecule has 0 aromatic rings. The highest BCUT2D eigenvalue weighted by molar-refractivity contribution is 4.91. The Morgan fingerprint density at radius 2 is 2.20 bits per heavy atom. The van der Waals surface area contributed by atoms with Crippen LogP contribution >= 0.6 is 0 Å². The first-order chi connectivity index (χ1) is 7.11. The van der Waals surface area contributed by atoms with Crippen molar-refractivity contribution in [1.29, 1.82) is 0 Å². The smallest absolute Gasteiger partial charge is 0.107 e. The third-order valence-electron chi connectivity index (χ3n) is 2.43. The number of hydrogen-bond acceptors (Lipinski definition) is 7. The number of rotatable bonds is 4. The molecule has 0 bridgehead atoms. The zero-order chi connectivity index (χ0) is 11.4. The van der Waals surface area contributed by atoms with Crippen molar-refractivity contribution in [3.8, 4) is 0 Å². The van der Waals surface area contributed by atoms with Crippen molar-refractivity contribution in [2.75, 3.05) is 20.3 Å². The van der Waals surface area contributed by atoms with Gasteiger partial charge in [-0.25, -0.2) is 0 Å². The van der Waals surface area contributed by atoms with Gasteiger partial charge in [0.15, 0.2) is 0 Å². The molecular weight excluding hydrogens is 206 g/mol. The fourth-order valence-electron chi connectivity index (χ4n) is 1.55. The summed E-state index contributed by atoms with van der Waals surface area (Å²) in [4.78, 5) is 4.81. The second-order valence-electron chi connectivity index (χ2n) is 3.46. The highest BCUT2D eigenvalue weighted by Crippen LogP contribution is 2.15. The van der Waals surface area contributed by atoms with Gasteiger partial charge in [-0.3, -0.25) is 4.84 Å². The lowest BCUT2D eigenvalue weighted by atomic mass is 9.96. The fourth-order valence-corrected chi connectivity index (χ4v) is 1.55. The molecule has 0 spiro atoms. The zero-order valence-electron chi connectivity index (χ0n) is 8.41. The normalized spacial score (nSPS) is 36.2. The molecule has 1 rings (SSSR count). The molecule has 90 valence electrons. The van der Waals surface area contributed by atoms with Crippen molar-refractivity contribution in [2.45, 2.75) is 30.5 Å². The lowest BCUT2D eigenvalue weighted by molar-refractivity contribution is -0.190. The van der Waals surface area contributed by atoms with Gasteiger partial charge in [-0.1, -0.05) is 0 Å².